The Morgan fingerprint density at radius 1 is 1.38 bits per heavy atom. The maximum atomic E-state index is 6.00. The van der Waals surface area contributed by atoms with Crippen LogP contribution in [-0.4, -0.2) is 23.6 Å². The molecule has 0 atom stereocenters. The molecule has 2 aromatic heterocycles. The molecular weight excluding hydrogens is 304 g/mol. The average Bonchev–Trinajstić information content (AvgIpc) is 3.23. The quantitative estimate of drug-likeness (QED) is 0.868. The van der Waals surface area contributed by atoms with Crippen molar-refractivity contribution in [2.75, 3.05) is 23.8 Å². The third-order valence-corrected chi connectivity index (χ3v) is 4.66. The van der Waals surface area contributed by atoms with Gasteiger partial charge in [-0.1, -0.05) is 11.6 Å². The molecule has 1 aliphatic carbocycles. The molecule has 1 saturated carbocycles. The zero-order valence-electron chi connectivity index (χ0n) is 12.3. The summed E-state index contributed by atoms with van der Waals surface area (Å²) in [6.45, 7) is 3.75. The van der Waals surface area contributed by atoms with Gasteiger partial charge >= 0.3 is 0 Å². The van der Waals surface area contributed by atoms with Crippen molar-refractivity contribution in [3.63, 3.8) is 0 Å². The van der Waals surface area contributed by atoms with Gasteiger partial charge in [0, 0.05) is 30.5 Å². The molecule has 0 spiro atoms. The second-order valence-electron chi connectivity index (χ2n) is 5.34. The van der Waals surface area contributed by atoms with Crippen LogP contribution in [0.5, 0.6) is 0 Å². The molecule has 2 heterocycles. The first kappa shape index (κ1) is 14.6. The Hall–Kier alpha value is -1.33. The summed E-state index contributed by atoms with van der Waals surface area (Å²) in [5, 5.41) is 3.30. The van der Waals surface area contributed by atoms with Crippen LogP contribution >= 0.6 is 22.9 Å². The van der Waals surface area contributed by atoms with Gasteiger partial charge in [-0.2, -0.15) is 0 Å². The number of rotatable bonds is 6. The maximum Gasteiger partial charge on any atom is 0.136 e. The highest BCUT2D eigenvalue weighted by atomic mass is 35.5. The molecule has 112 valence electrons. The molecule has 0 saturated heterocycles. The topological polar surface area (TPSA) is 41.0 Å². The van der Waals surface area contributed by atoms with Crippen LogP contribution in [0.1, 0.15) is 36.4 Å². The highest BCUT2D eigenvalue weighted by molar-refractivity contribution is 7.16. The molecule has 1 N–H and O–H groups in total. The second kappa shape index (κ2) is 6.20. The minimum Gasteiger partial charge on any atom is -0.370 e. The van der Waals surface area contributed by atoms with E-state index in [2.05, 4.69) is 35.2 Å². The zero-order chi connectivity index (χ0) is 14.8. The van der Waals surface area contributed by atoms with Crippen LogP contribution < -0.4 is 10.2 Å². The van der Waals surface area contributed by atoms with E-state index in [0.717, 1.165) is 34.9 Å². The largest absolute Gasteiger partial charge is 0.370 e. The molecule has 0 unspecified atom stereocenters. The van der Waals surface area contributed by atoms with E-state index in [1.165, 1.54) is 17.7 Å². The Balaban J connectivity index is 1.81. The number of nitrogens with one attached hydrogen (secondary N) is 1. The molecule has 0 amide bonds. The highest BCUT2D eigenvalue weighted by Gasteiger charge is 2.27. The summed E-state index contributed by atoms with van der Waals surface area (Å²) in [7, 11) is 2.06. The van der Waals surface area contributed by atoms with Crippen LogP contribution in [-0.2, 0) is 6.54 Å². The molecule has 3 rings (SSSR count). The van der Waals surface area contributed by atoms with Gasteiger partial charge in [-0.3, -0.25) is 0 Å². The van der Waals surface area contributed by atoms with Gasteiger partial charge in [0.05, 0.1) is 10.9 Å². The summed E-state index contributed by atoms with van der Waals surface area (Å²) in [6.07, 6.45) is 2.42. The number of nitrogens with zero attached hydrogens (tertiary/aromatic N) is 3. The third-order valence-electron chi connectivity index (χ3n) is 3.44. The number of hydrogen-bond donors (Lipinski definition) is 1. The zero-order valence-corrected chi connectivity index (χ0v) is 13.8. The maximum absolute atomic E-state index is 6.00. The fraction of sp³-hybridized carbons (Fsp3) is 0.467. The summed E-state index contributed by atoms with van der Waals surface area (Å²) >= 11 is 7.61. The van der Waals surface area contributed by atoms with E-state index >= 15 is 0 Å². The molecule has 21 heavy (non-hydrogen) atoms. The fourth-order valence-electron chi connectivity index (χ4n) is 2.20. The van der Waals surface area contributed by atoms with E-state index in [1.54, 1.807) is 11.3 Å². The molecule has 1 aliphatic rings. The number of hydrogen-bond acceptors (Lipinski definition) is 5. The van der Waals surface area contributed by atoms with E-state index < -0.39 is 0 Å². The van der Waals surface area contributed by atoms with Crippen LogP contribution in [0.4, 0.5) is 11.6 Å². The van der Waals surface area contributed by atoms with Crippen molar-refractivity contribution in [2.24, 2.45) is 0 Å². The molecule has 6 heteroatoms. The van der Waals surface area contributed by atoms with Gasteiger partial charge in [0.1, 0.15) is 17.5 Å². The van der Waals surface area contributed by atoms with E-state index in [-0.39, 0.29) is 0 Å². The lowest BCUT2D eigenvalue weighted by Gasteiger charge is -2.19. The minimum absolute atomic E-state index is 0.548. The first-order chi connectivity index (χ1) is 10.2. The van der Waals surface area contributed by atoms with Gasteiger partial charge in [-0.25, -0.2) is 9.97 Å². The van der Waals surface area contributed by atoms with Crippen LogP contribution in [0.2, 0.25) is 4.34 Å². The molecule has 0 aromatic carbocycles. The van der Waals surface area contributed by atoms with Crippen molar-refractivity contribution < 1.29 is 0 Å². The Labute approximate surface area is 134 Å². The van der Waals surface area contributed by atoms with E-state index in [9.17, 15) is 0 Å². The van der Waals surface area contributed by atoms with Crippen LogP contribution in [0.15, 0.2) is 18.2 Å². The van der Waals surface area contributed by atoms with E-state index in [1.807, 2.05) is 12.1 Å². The fourth-order valence-corrected chi connectivity index (χ4v) is 3.34. The summed E-state index contributed by atoms with van der Waals surface area (Å²) in [5.74, 6) is 3.40. The van der Waals surface area contributed by atoms with Gasteiger partial charge in [-0.05, 0) is 31.9 Å². The Morgan fingerprint density at radius 3 is 2.81 bits per heavy atom. The third kappa shape index (κ3) is 3.66. The molecule has 0 bridgehead atoms. The molecular formula is C15H19ClN4S. The number of anilines is 2. The first-order valence-corrected chi connectivity index (χ1v) is 8.43. The van der Waals surface area contributed by atoms with E-state index in [4.69, 9.17) is 16.6 Å². The van der Waals surface area contributed by atoms with Gasteiger partial charge in [-0.15, -0.1) is 11.3 Å². The predicted octanol–water partition coefficient (Wildman–Crippen LogP) is 4.14. The average molecular weight is 323 g/mol. The first-order valence-electron chi connectivity index (χ1n) is 7.24. The van der Waals surface area contributed by atoms with Crippen molar-refractivity contribution in [3.8, 4) is 0 Å². The van der Waals surface area contributed by atoms with Crippen LogP contribution in [0.3, 0.4) is 0 Å². The van der Waals surface area contributed by atoms with Crippen molar-refractivity contribution in [1.82, 2.24) is 9.97 Å². The van der Waals surface area contributed by atoms with Crippen LogP contribution in [0, 0.1) is 0 Å². The van der Waals surface area contributed by atoms with E-state index in [0.29, 0.717) is 5.92 Å². The number of thiophene rings is 1. The van der Waals surface area contributed by atoms with Gasteiger partial charge in [0.2, 0.25) is 0 Å². The standard InChI is InChI=1S/C15H19ClN4S/c1-3-17-13-8-14(19-15(18-13)10-4-5-10)20(2)9-11-6-7-12(16)21-11/h6-8,10H,3-5,9H2,1-2H3,(H,17,18,19). The smallest absolute Gasteiger partial charge is 0.136 e. The normalized spacial score (nSPS) is 14.2. The lowest BCUT2D eigenvalue weighted by molar-refractivity contribution is 0.861. The lowest BCUT2D eigenvalue weighted by Crippen LogP contribution is -2.18. The van der Waals surface area contributed by atoms with Crippen molar-refractivity contribution in [2.45, 2.75) is 32.2 Å². The molecule has 0 aliphatic heterocycles. The van der Waals surface area contributed by atoms with Crippen molar-refractivity contribution >= 4 is 34.6 Å². The summed E-state index contributed by atoms with van der Waals surface area (Å²) in [5.41, 5.74) is 0. The highest BCUT2D eigenvalue weighted by Crippen LogP contribution is 2.39. The predicted molar refractivity (Wildman–Crippen MR) is 89.6 cm³/mol. The Bertz CT molecular complexity index is 624. The lowest BCUT2D eigenvalue weighted by atomic mass is 10.3. The van der Waals surface area contributed by atoms with Gasteiger partial charge < -0.3 is 10.2 Å². The monoisotopic (exact) mass is 322 g/mol. The molecule has 1 fully saturated rings. The van der Waals surface area contributed by atoms with Crippen molar-refractivity contribution in [1.29, 1.82) is 0 Å². The Morgan fingerprint density at radius 2 is 2.19 bits per heavy atom. The van der Waals surface area contributed by atoms with Crippen LogP contribution in [0.25, 0.3) is 0 Å². The summed E-state index contributed by atoms with van der Waals surface area (Å²) < 4.78 is 0.827. The summed E-state index contributed by atoms with van der Waals surface area (Å²) in [6, 6.07) is 6.03. The summed E-state index contributed by atoms with van der Waals surface area (Å²) in [4.78, 5) is 12.7. The Kier molecular flexibility index (Phi) is 4.31. The van der Waals surface area contributed by atoms with Gasteiger partial charge in [0.15, 0.2) is 0 Å². The number of halogens is 1. The van der Waals surface area contributed by atoms with Crippen molar-refractivity contribution in [3.05, 3.63) is 33.2 Å². The molecule has 0 radical (unpaired) electrons. The second-order valence-corrected chi connectivity index (χ2v) is 7.14. The SMILES string of the molecule is CCNc1cc(N(C)Cc2ccc(Cl)s2)nc(C2CC2)n1. The number of aromatic nitrogens is 2. The molecule has 2 aromatic rings. The minimum atomic E-state index is 0.548. The molecule has 4 nitrogen and oxygen atoms in total. The van der Waals surface area contributed by atoms with Gasteiger partial charge in [0.25, 0.3) is 0 Å².